The molecule has 0 fully saturated rings. The standard InChI is InChI=1S/C13H20N2O3/c1-5-10-9(11(16)17)8-14-12(15-10)13(4,6-2)18-7-3/h8H,5-7H2,1-4H3,(H,16,17). The lowest BCUT2D eigenvalue weighted by Crippen LogP contribution is -2.28. The molecule has 1 N–H and O–H groups in total. The quantitative estimate of drug-likeness (QED) is 0.841. The van der Waals surface area contributed by atoms with Gasteiger partial charge in [0.15, 0.2) is 5.82 Å². The first-order valence-corrected chi connectivity index (χ1v) is 6.22. The zero-order valence-corrected chi connectivity index (χ0v) is 11.4. The topological polar surface area (TPSA) is 72.3 Å². The van der Waals surface area contributed by atoms with Crippen molar-refractivity contribution in [3.8, 4) is 0 Å². The lowest BCUT2D eigenvalue weighted by atomic mass is 10.0. The van der Waals surface area contributed by atoms with Gasteiger partial charge in [0.2, 0.25) is 0 Å². The van der Waals surface area contributed by atoms with Crippen LogP contribution in [-0.4, -0.2) is 27.7 Å². The monoisotopic (exact) mass is 252 g/mol. The number of aryl methyl sites for hydroxylation is 1. The molecule has 1 aromatic heterocycles. The van der Waals surface area contributed by atoms with Crippen molar-refractivity contribution in [1.82, 2.24) is 9.97 Å². The van der Waals surface area contributed by atoms with Crippen molar-refractivity contribution < 1.29 is 14.6 Å². The van der Waals surface area contributed by atoms with E-state index in [4.69, 9.17) is 9.84 Å². The van der Waals surface area contributed by atoms with Gasteiger partial charge in [-0.25, -0.2) is 14.8 Å². The van der Waals surface area contributed by atoms with E-state index in [1.54, 1.807) is 0 Å². The molecule has 0 saturated carbocycles. The number of hydrogen-bond donors (Lipinski definition) is 1. The molecular formula is C13H20N2O3. The summed E-state index contributed by atoms with van der Waals surface area (Å²) in [7, 11) is 0. The highest BCUT2D eigenvalue weighted by atomic mass is 16.5. The first-order chi connectivity index (χ1) is 8.48. The van der Waals surface area contributed by atoms with Crippen molar-refractivity contribution in [3.63, 3.8) is 0 Å². The van der Waals surface area contributed by atoms with Crippen molar-refractivity contribution >= 4 is 5.97 Å². The second-order valence-corrected chi connectivity index (χ2v) is 4.23. The average Bonchev–Trinajstić information content (AvgIpc) is 2.37. The van der Waals surface area contributed by atoms with Gasteiger partial charge >= 0.3 is 5.97 Å². The molecule has 1 heterocycles. The molecule has 5 nitrogen and oxygen atoms in total. The van der Waals surface area contributed by atoms with Gasteiger partial charge in [-0.1, -0.05) is 13.8 Å². The van der Waals surface area contributed by atoms with Crippen LogP contribution < -0.4 is 0 Å². The molecule has 100 valence electrons. The number of aromatic nitrogens is 2. The highest BCUT2D eigenvalue weighted by molar-refractivity contribution is 5.88. The highest BCUT2D eigenvalue weighted by Gasteiger charge is 2.29. The molecule has 0 aliphatic carbocycles. The van der Waals surface area contributed by atoms with Crippen LogP contribution in [0.1, 0.15) is 56.0 Å². The van der Waals surface area contributed by atoms with Gasteiger partial charge < -0.3 is 9.84 Å². The Labute approximate surface area is 107 Å². The third-order valence-corrected chi connectivity index (χ3v) is 3.04. The van der Waals surface area contributed by atoms with Crippen LogP contribution in [0.2, 0.25) is 0 Å². The van der Waals surface area contributed by atoms with Crippen LogP contribution in [0.4, 0.5) is 0 Å². The SMILES string of the molecule is CCOC(C)(CC)c1ncc(C(=O)O)c(CC)n1. The van der Waals surface area contributed by atoms with Crippen molar-refractivity contribution in [2.24, 2.45) is 0 Å². The molecule has 0 spiro atoms. The van der Waals surface area contributed by atoms with Gasteiger partial charge in [0.05, 0.1) is 11.3 Å². The van der Waals surface area contributed by atoms with Crippen LogP contribution in [0, 0.1) is 0 Å². The Kier molecular flexibility index (Phi) is 4.78. The predicted octanol–water partition coefficient (Wildman–Crippen LogP) is 2.40. The summed E-state index contributed by atoms with van der Waals surface area (Å²) in [4.78, 5) is 19.5. The van der Waals surface area contributed by atoms with Gasteiger partial charge in [0, 0.05) is 12.8 Å². The van der Waals surface area contributed by atoms with Gasteiger partial charge in [-0.15, -0.1) is 0 Å². The number of carbonyl (C=O) groups is 1. The number of ether oxygens (including phenoxy) is 1. The summed E-state index contributed by atoms with van der Waals surface area (Å²) in [5.41, 5.74) is 0.151. The molecule has 1 unspecified atom stereocenters. The minimum atomic E-state index is -0.993. The molecule has 1 aromatic rings. The van der Waals surface area contributed by atoms with E-state index in [0.29, 0.717) is 24.5 Å². The average molecular weight is 252 g/mol. The van der Waals surface area contributed by atoms with Crippen molar-refractivity contribution in [3.05, 3.63) is 23.3 Å². The van der Waals surface area contributed by atoms with Crippen LogP contribution in [-0.2, 0) is 16.8 Å². The summed E-state index contributed by atoms with van der Waals surface area (Å²) in [5, 5.41) is 9.04. The van der Waals surface area contributed by atoms with Crippen LogP contribution in [0.3, 0.4) is 0 Å². The lowest BCUT2D eigenvalue weighted by Gasteiger charge is -2.26. The first kappa shape index (κ1) is 14.6. The number of aromatic carboxylic acids is 1. The highest BCUT2D eigenvalue weighted by Crippen LogP contribution is 2.26. The van der Waals surface area contributed by atoms with Crippen LogP contribution in [0.5, 0.6) is 0 Å². The zero-order chi connectivity index (χ0) is 13.8. The van der Waals surface area contributed by atoms with E-state index >= 15 is 0 Å². The number of carboxylic acid groups (broad SMARTS) is 1. The van der Waals surface area contributed by atoms with E-state index in [1.165, 1.54) is 6.20 Å². The number of hydrogen-bond acceptors (Lipinski definition) is 4. The van der Waals surface area contributed by atoms with E-state index in [1.807, 2.05) is 27.7 Å². The van der Waals surface area contributed by atoms with Gasteiger partial charge in [0.25, 0.3) is 0 Å². The number of nitrogens with zero attached hydrogens (tertiary/aromatic N) is 2. The maximum atomic E-state index is 11.0. The van der Waals surface area contributed by atoms with Crippen molar-refractivity contribution in [1.29, 1.82) is 0 Å². The predicted molar refractivity (Wildman–Crippen MR) is 67.6 cm³/mol. The summed E-state index contributed by atoms with van der Waals surface area (Å²) in [6.07, 6.45) is 2.66. The minimum Gasteiger partial charge on any atom is -0.478 e. The number of carboxylic acids is 1. The second kappa shape index (κ2) is 5.91. The van der Waals surface area contributed by atoms with E-state index in [9.17, 15) is 4.79 Å². The van der Waals surface area contributed by atoms with Gasteiger partial charge in [-0.3, -0.25) is 0 Å². The molecule has 0 aliphatic heterocycles. The first-order valence-electron chi connectivity index (χ1n) is 6.22. The fourth-order valence-corrected chi connectivity index (χ4v) is 1.76. The molecule has 1 rings (SSSR count). The maximum Gasteiger partial charge on any atom is 0.339 e. The molecule has 0 saturated heterocycles. The van der Waals surface area contributed by atoms with E-state index in [-0.39, 0.29) is 5.56 Å². The van der Waals surface area contributed by atoms with E-state index < -0.39 is 11.6 Å². The summed E-state index contributed by atoms with van der Waals surface area (Å²) in [6.45, 7) is 8.28. The summed E-state index contributed by atoms with van der Waals surface area (Å²) in [5.74, 6) is -0.443. The summed E-state index contributed by atoms with van der Waals surface area (Å²) in [6, 6.07) is 0. The molecule has 0 radical (unpaired) electrons. The number of rotatable bonds is 6. The van der Waals surface area contributed by atoms with Crippen molar-refractivity contribution in [2.75, 3.05) is 6.61 Å². The molecule has 0 aliphatic rings. The molecule has 0 amide bonds. The zero-order valence-electron chi connectivity index (χ0n) is 11.4. The molecular weight excluding hydrogens is 232 g/mol. The van der Waals surface area contributed by atoms with Crippen LogP contribution >= 0.6 is 0 Å². The van der Waals surface area contributed by atoms with E-state index in [2.05, 4.69) is 9.97 Å². The Morgan fingerprint density at radius 1 is 1.44 bits per heavy atom. The van der Waals surface area contributed by atoms with Gasteiger partial charge in [-0.2, -0.15) is 0 Å². The summed E-state index contributed by atoms with van der Waals surface area (Å²) < 4.78 is 5.69. The normalized spacial score (nSPS) is 14.2. The maximum absolute atomic E-state index is 11.0. The lowest BCUT2D eigenvalue weighted by molar-refractivity contribution is -0.0392. The smallest absolute Gasteiger partial charge is 0.339 e. The molecule has 0 aromatic carbocycles. The molecule has 1 atom stereocenters. The third kappa shape index (κ3) is 2.85. The van der Waals surface area contributed by atoms with Gasteiger partial charge in [0.1, 0.15) is 5.60 Å². The van der Waals surface area contributed by atoms with Gasteiger partial charge in [-0.05, 0) is 26.7 Å². The molecule has 18 heavy (non-hydrogen) atoms. The molecule has 5 heteroatoms. The Hall–Kier alpha value is -1.49. The third-order valence-electron chi connectivity index (χ3n) is 3.04. The van der Waals surface area contributed by atoms with E-state index in [0.717, 1.165) is 6.42 Å². The fraction of sp³-hybridized carbons (Fsp3) is 0.615. The Morgan fingerprint density at radius 2 is 2.11 bits per heavy atom. The summed E-state index contributed by atoms with van der Waals surface area (Å²) >= 11 is 0. The largest absolute Gasteiger partial charge is 0.478 e. The Bertz CT molecular complexity index is 434. The Morgan fingerprint density at radius 3 is 2.56 bits per heavy atom. The van der Waals surface area contributed by atoms with Crippen LogP contribution in [0.25, 0.3) is 0 Å². The van der Waals surface area contributed by atoms with Crippen molar-refractivity contribution in [2.45, 2.75) is 46.1 Å². The second-order valence-electron chi connectivity index (χ2n) is 4.23. The Balaban J connectivity index is 3.23. The fourth-order valence-electron chi connectivity index (χ4n) is 1.76. The minimum absolute atomic E-state index is 0.163. The van der Waals surface area contributed by atoms with Crippen LogP contribution in [0.15, 0.2) is 6.20 Å². The molecule has 0 bridgehead atoms.